The number of hydrogen-bond donors (Lipinski definition) is 0. The summed E-state index contributed by atoms with van der Waals surface area (Å²) in [6.45, 7) is 0. The van der Waals surface area contributed by atoms with Gasteiger partial charge >= 0.3 is 0 Å². The molecule has 0 aliphatic heterocycles. The third-order valence-electron chi connectivity index (χ3n) is 1.96. The zero-order valence-electron chi connectivity index (χ0n) is 8.42. The molecule has 0 fully saturated rings. The van der Waals surface area contributed by atoms with Crippen molar-refractivity contribution in [1.82, 2.24) is 14.9 Å². The smallest absolute Gasteiger partial charge is 0.262 e. The second-order valence-corrected chi connectivity index (χ2v) is 3.04. The molecule has 0 atom stereocenters. The molecule has 1 aromatic carbocycles. The Morgan fingerprint density at radius 2 is 2.06 bits per heavy atom. The van der Waals surface area contributed by atoms with E-state index in [-0.39, 0.29) is 5.56 Å². The lowest BCUT2D eigenvalue weighted by molar-refractivity contribution is -0.398. The highest BCUT2D eigenvalue weighted by Crippen LogP contribution is 2.25. The Morgan fingerprint density at radius 3 is 2.71 bits per heavy atom. The fourth-order valence-electron chi connectivity index (χ4n) is 1.17. The van der Waals surface area contributed by atoms with Gasteiger partial charge in [-0.1, -0.05) is 12.1 Å². The summed E-state index contributed by atoms with van der Waals surface area (Å²) in [6, 6.07) is 4.02. The van der Waals surface area contributed by atoms with Gasteiger partial charge in [0.05, 0.1) is 11.1 Å². The third kappa shape index (κ3) is 2.25. The average Bonchev–Trinajstić information content (AvgIpc) is 2.80. The van der Waals surface area contributed by atoms with Gasteiger partial charge in [-0.05, 0) is 11.3 Å². The van der Waals surface area contributed by atoms with Crippen molar-refractivity contribution in [2.24, 2.45) is 5.10 Å². The number of rotatable bonds is 3. The summed E-state index contributed by atoms with van der Waals surface area (Å²) in [7, 11) is 0. The zero-order valence-corrected chi connectivity index (χ0v) is 8.42. The first kappa shape index (κ1) is 10.7. The van der Waals surface area contributed by atoms with Crippen LogP contribution in [0.1, 0.15) is 5.56 Å². The van der Waals surface area contributed by atoms with Crippen LogP contribution in [0.3, 0.4) is 0 Å². The lowest BCUT2D eigenvalue weighted by atomic mass is 10.2. The van der Waals surface area contributed by atoms with E-state index in [1.807, 2.05) is 0 Å². The molecule has 0 N–H and O–H groups in total. The summed E-state index contributed by atoms with van der Waals surface area (Å²) >= 11 is 0. The van der Waals surface area contributed by atoms with Crippen LogP contribution in [0.2, 0.25) is 0 Å². The topological polar surface area (TPSA) is 109 Å². The first-order valence-corrected chi connectivity index (χ1v) is 4.52. The molecule has 0 aliphatic rings. The standard InChI is InChI=1S/C9H7N5O3/c15-9-7(2-1-3-8(9)14(16)17)4-12-13-5-10-11-6-13/h1-6,15H/p-1/b12-4-. The van der Waals surface area contributed by atoms with Crippen LogP contribution in [-0.4, -0.2) is 26.0 Å². The summed E-state index contributed by atoms with van der Waals surface area (Å²) in [5, 5.41) is 33.0. The van der Waals surface area contributed by atoms with Gasteiger partial charge in [0.1, 0.15) is 12.7 Å². The van der Waals surface area contributed by atoms with Gasteiger partial charge < -0.3 is 5.11 Å². The van der Waals surface area contributed by atoms with Crippen LogP contribution >= 0.6 is 0 Å². The molecule has 0 saturated heterocycles. The maximum absolute atomic E-state index is 11.6. The second-order valence-electron chi connectivity index (χ2n) is 3.04. The molecule has 2 rings (SSSR count). The number of nitro groups is 1. The highest BCUT2D eigenvalue weighted by atomic mass is 16.6. The molecule has 0 radical (unpaired) electrons. The van der Waals surface area contributed by atoms with Crippen molar-refractivity contribution in [3.05, 3.63) is 46.5 Å². The van der Waals surface area contributed by atoms with Crippen molar-refractivity contribution in [2.45, 2.75) is 0 Å². The lowest BCUT2D eigenvalue weighted by Gasteiger charge is -2.09. The Kier molecular flexibility index (Phi) is 2.77. The van der Waals surface area contributed by atoms with E-state index in [0.29, 0.717) is 0 Å². The van der Waals surface area contributed by atoms with Gasteiger partial charge in [-0.15, -0.1) is 10.2 Å². The lowest BCUT2D eigenvalue weighted by Crippen LogP contribution is -2.02. The SMILES string of the molecule is O=[N+]([O-])c1cccc(/C=N\n2cnnc2)c1[O-]. The van der Waals surface area contributed by atoms with E-state index in [0.717, 1.165) is 6.07 Å². The molecule has 0 bridgehead atoms. The molecule has 0 aliphatic carbocycles. The Balaban J connectivity index is 2.34. The Morgan fingerprint density at radius 1 is 1.35 bits per heavy atom. The van der Waals surface area contributed by atoms with E-state index in [2.05, 4.69) is 15.3 Å². The Bertz CT molecular complexity index is 564. The molecule has 17 heavy (non-hydrogen) atoms. The highest BCUT2D eigenvalue weighted by molar-refractivity contribution is 5.85. The Hall–Kier alpha value is -2.77. The molecule has 8 nitrogen and oxygen atoms in total. The van der Waals surface area contributed by atoms with Crippen LogP contribution in [0, 0.1) is 10.1 Å². The fourth-order valence-corrected chi connectivity index (χ4v) is 1.17. The molecule has 0 spiro atoms. The third-order valence-corrected chi connectivity index (χ3v) is 1.96. The van der Waals surface area contributed by atoms with Gasteiger partial charge in [0.15, 0.2) is 0 Å². The van der Waals surface area contributed by atoms with E-state index in [1.54, 1.807) is 0 Å². The van der Waals surface area contributed by atoms with Crippen molar-refractivity contribution in [3.63, 3.8) is 0 Å². The van der Waals surface area contributed by atoms with Gasteiger partial charge in [0.2, 0.25) is 0 Å². The van der Waals surface area contributed by atoms with E-state index >= 15 is 0 Å². The molecule has 1 aromatic heterocycles. The number of nitro benzene ring substituents is 1. The van der Waals surface area contributed by atoms with Crippen molar-refractivity contribution < 1.29 is 10.0 Å². The quantitative estimate of drug-likeness (QED) is 0.424. The molecule has 0 saturated carbocycles. The maximum atomic E-state index is 11.6. The Labute approximate surface area is 95.0 Å². The summed E-state index contributed by atoms with van der Waals surface area (Å²) in [6.07, 6.45) is 3.88. The second kappa shape index (κ2) is 4.39. The summed E-state index contributed by atoms with van der Waals surface area (Å²) < 4.78 is 1.28. The predicted molar refractivity (Wildman–Crippen MR) is 55.6 cm³/mol. The van der Waals surface area contributed by atoms with Crippen LogP contribution in [-0.2, 0) is 0 Å². The monoisotopic (exact) mass is 232 g/mol. The number of hydrogen-bond acceptors (Lipinski definition) is 6. The summed E-state index contributed by atoms with van der Waals surface area (Å²) in [5.41, 5.74) is -0.342. The van der Waals surface area contributed by atoms with E-state index < -0.39 is 16.4 Å². The van der Waals surface area contributed by atoms with Gasteiger partial charge in [0.25, 0.3) is 5.69 Å². The van der Waals surface area contributed by atoms with Crippen LogP contribution in [0.5, 0.6) is 5.75 Å². The van der Waals surface area contributed by atoms with Crippen LogP contribution in [0.25, 0.3) is 0 Å². The van der Waals surface area contributed by atoms with Crippen LogP contribution in [0.15, 0.2) is 36.0 Å². The molecule has 0 unspecified atom stereocenters. The molecule has 8 heteroatoms. The van der Waals surface area contributed by atoms with Crippen LogP contribution < -0.4 is 5.11 Å². The minimum absolute atomic E-state index is 0.132. The van der Waals surface area contributed by atoms with E-state index in [4.69, 9.17) is 0 Å². The number of nitrogens with zero attached hydrogens (tertiary/aromatic N) is 5. The largest absolute Gasteiger partial charge is 0.867 e. The molecule has 1 heterocycles. The summed E-state index contributed by atoms with van der Waals surface area (Å²) in [5.74, 6) is -0.672. The molecule has 86 valence electrons. The average molecular weight is 232 g/mol. The molecule has 2 aromatic rings. The predicted octanol–water partition coefficient (Wildman–Crippen LogP) is 0.142. The molecular weight excluding hydrogens is 226 g/mol. The first-order chi connectivity index (χ1) is 8.18. The number of aromatic nitrogens is 3. The van der Waals surface area contributed by atoms with Crippen molar-refractivity contribution in [3.8, 4) is 5.75 Å². The number of para-hydroxylation sites is 1. The minimum atomic E-state index is -0.724. The molecule has 0 amide bonds. The van der Waals surface area contributed by atoms with Gasteiger partial charge in [-0.2, -0.15) is 5.10 Å². The highest BCUT2D eigenvalue weighted by Gasteiger charge is 2.07. The normalized spacial score (nSPS) is 10.8. The molecular formula is C9H6N5O3-. The van der Waals surface area contributed by atoms with Gasteiger partial charge in [-0.3, -0.25) is 10.1 Å². The fraction of sp³-hybridized carbons (Fsp3) is 0. The van der Waals surface area contributed by atoms with Crippen molar-refractivity contribution >= 4 is 11.9 Å². The first-order valence-electron chi connectivity index (χ1n) is 4.52. The van der Waals surface area contributed by atoms with Gasteiger partial charge in [0, 0.05) is 6.07 Å². The van der Waals surface area contributed by atoms with Gasteiger partial charge in [-0.25, -0.2) is 4.68 Å². The minimum Gasteiger partial charge on any atom is -0.867 e. The van der Waals surface area contributed by atoms with Crippen molar-refractivity contribution in [2.75, 3.05) is 0 Å². The number of benzene rings is 1. The van der Waals surface area contributed by atoms with E-state index in [9.17, 15) is 15.2 Å². The van der Waals surface area contributed by atoms with E-state index in [1.165, 1.54) is 35.7 Å². The van der Waals surface area contributed by atoms with Crippen LogP contribution in [0.4, 0.5) is 5.69 Å². The zero-order chi connectivity index (χ0) is 12.3. The summed E-state index contributed by atoms with van der Waals surface area (Å²) in [4.78, 5) is 9.82. The maximum Gasteiger partial charge on any atom is 0.262 e. The van der Waals surface area contributed by atoms with Crippen molar-refractivity contribution in [1.29, 1.82) is 0 Å².